The van der Waals surface area contributed by atoms with Crippen molar-refractivity contribution in [2.75, 3.05) is 33.9 Å². The Hall–Kier alpha value is -1.37. The molecule has 7 heteroatoms. The highest BCUT2D eigenvalue weighted by molar-refractivity contribution is 5.85. The van der Waals surface area contributed by atoms with Crippen molar-refractivity contribution in [3.63, 3.8) is 0 Å². The van der Waals surface area contributed by atoms with Crippen LogP contribution in [0.3, 0.4) is 0 Å². The van der Waals surface area contributed by atoms with E-state index in [1.807, 2.05) is 0 Å². The van der Waals surface area contributed by atoms with Gasteiger partial charge in [-0.2, -0.15) is 0 Å². The number of amides is 1. The lowest BCUT2D eigenvalue weighted by atomic mass is 10.2. The van der Waals surface area contributed by atoms with Crippen molar-refractivity contribution in [3.05, 3.63) is 30.1 Å². The minimum atomic E-state index is -0.396. The lowest BCUT2D eigenvalue weighted by Crippen LogP contribution is -2.43. The van der Waals surface area contributed by atoms with Gasteiger partial charge in [0.05, 0.1) is 18.7 Å². The molecule has 0 spiro atoms. The maximum atomic E-state index is 13.4. The molecule has 1 heterocycles. The van der Waals surface area contributed by atoms with Crippen LogP contribution in [0.2, 0.25) is 0 Å². The number of ether oxygens (including phenoxy) is 2. The molecule has 0 radical (unpaired) electrons. The van der Waals surface area contributed by atoms with Gasteiger partial charge in [-0.05, 0) is 18.6 Å². The van der Waals surface area contributed by atoms with Gasteiger partial charge in [0, 0.05) is 20.7 Å². The Labute approximate surface area is 136 Å². The van der Waals surface area contributed by atoms with Crippen molar-refractivity contribution in [1.29, 1.82) is 0 Å². The van der Waals surface area contributed by atoms with Gasteiger partial charge in [-0.15, -0.1) is 12.4 Å². The van der Waals surface area contributed by atoms with Gasteiger partial charge in [0.25, 0.3) is 0 Å². The largest absolute Gasteiger partial charge is 0.489 e. The average Bonchev–Trinajstić information content (AvgIpc) is 2.97. The Morgan fingerprint density at radius 2 is 2.18 bits per heavy atom. The molecule has 1 aromatic rings. The molecule has 0 aromatic heterocycles. The number of nitrogens with zero attached hydrogens (tertiary/aromatic N) is 1. The zero-order chi connectivity index (χ0) is 15.2. The van der Waals surface area contributed by atoms with Crippen LogP contribution in [0.1, 0.15) is 6.42 Å². The summed E-state index contributed by atoms with van der Waals surface area (Å²) >= 11 is 0. The Bertz CT molecular complexity index is 490. The van der Waals surface area contributed by atoms with Gasteiger partial charge < -0.3 is 19.7 Å². The van der Waals surface area contributed by atoms with E-state index in [0.29, 0.717) is 19.5 Å². The van der Waals surface area contributed by atoms with Crippen LogP contribution in [0, 0.1) is 5.82 Å². The Morgan fingerprint density at radius 3 is 2.82 bits per heavy atom. The van der Waals surface area contributed by atoms with E-state index in [0.717, 1.165) is 0 Å². The molecule has 22 heavy (non-hydrogen) atoms. The predicted molar refractivity (Wildman–Crippen MR) is 84.0 cm³/mol. The minimum Gasteiger partial charge on any atom is -0.489 e. The molecular weight excluding hydrogens is 311 g/mol. The number of carbonyl (C=O) groups excluding carboxylic acids is 1. The van der Waals surface area contributed by atoms with Gasteiger partial charge in [0.15, 0.2) is 11.6 Å². The summed E-state index contributed by atoms with van der Waals surface area (Å²) in [6.07, 6.45) is 0.760. The predicted octanol–water partition coefficient (Wildman–Crippen LogP) is 1.46. The van der Waals surface area contributed by atoms with Crippen LogP contribution in [0.5, 0.6) is 5.75 Å². The van der Waals surface area contributed by atoms with E-state index in [-0.39, 0.29) is 42.8 Å². The molecule has 1 aromatic carbocycles. The van der Waals surface area contributed by atoms with E-state index in [4.69, 9.17) is 9.47 Å². The van der Waals surface area contributed by atoms with Crippen LogP contribution in [-0.4, -0.2) is 56.8 Å². The van der Waals surface area contributed by atoms with Crippen LogP contribution in [0.4, 0.5) is 4.39 Å². The summed E-state index contributed by atoms with van der Waals surface area (Å²) in [5.74, 6) is -0.185. The number of likely N-dealkylation sites (N-methyl/N-ethyl adjacent to an activating group) is 1. The van der Waals surface area contributed by atoms with Gasteiger partial charge >= 0.3 is 0 Å². The molecule has 5 nitrogen and oxygen atoms in total. The molecule has 1 aliphatic heterocycles. The van der Waals surface area contributed by atoms with E-state index >= 15 is 0 Å². The molecule has 1 aliphatic rings. The van der Waals surface area contributed by atoms with Crippen molar-refractivity contribution < 1.29 is 18.7 Å². The first kappa shape index (κ1) is 18.7. The molecule has 1 saturated heterocycles. The number of carbonyl (C=O) groups is 1. The van der Waals surface area contributed by atoms with Crippen LogP contribution in [0.15, 0.2) is 24.3 Å². The molecule has 1 fully saturated rings. The summed E-state index contributed by atoms with van der Waals surface area (Å²) in [5, 5.41) is 3.14. The van der Waals surface area contributed by atoms with Crippen molar-refractivity contribution in [1.82, 2.24) is 10.2 Å². The summed E-state index contributed by atoms with van der Waals surface area (Å²) in [4.78, 5) is 13.8. The number of nitrogens with one attached hydrogen (secondary N) is 1. The average molecular weight is 333 g/mol. The molecule has 0 saturated carbocycles. The lowest BCUT2D eigenvalue weighted by molar-refractivity contribution is -0.132. The monoisotopic (exact) mass is 332 g/mol. The van der Waals surface area contributed by atoms with E-state index < -0.39 is 5.82 Å². The maximum absolute atomic E-state index is 13.4. The second-order valence-corrected chi connectivity index (χ2v) is 5.09. The Morgan fingerprint density at radius 1 is 1.45 bits per heavy atom. The molecule has 0 unspecified atom stereocenters. The highest BCUT2D eigenvalue weighted by Crippen LogP contribution is 2.15. The van der Waals surface area contributed by atoms with Gasteiger partial charge in [-0.3, -0.25) is 4.79 Å². The standard InChI is InChI=1S/C15H21FN2O3.ClH/c1-18(15(19)13-9-11(20-2)10-17-13)7-8-21-14-6-4-3-5-12(14)16;/h3-6,11,13,17H,7-10H2,1-2H3;1H/t11-,13-;/m0./s1. The number of benzene rings is 1. The summed E-state index contributed by atoms with van der Waals surface area (Å²) in [6.45, 7) is 1.35. The second-order valence-electron chi connectivity index (χ2n) is 5.09. The van der Waals surface area contributed by atoms with Crippen LogP contribution in [-0.2, 0) is 9.53 Å². The smallest absolute Gasteiger partial charge is 0.239 e. The minimum absolute atomic E-state index is 0. The van der Waals surface area contributed by atoms with Gasteiger partial charge in [-0.1, -0.05) is 12.1 Å². The van der Waals surface area contributed by atoms with Crippen LogP contribution in [0.25, 0.3) is 0 Å². The molecule has 1 amide bonds. The van der Waals surface area contributed by atoms with Gasteiger partial charge in [0.2, 0.25) is 5.91 Å². The maximum Gasteiger partial charge on any atom is 0.239 e. The fourth-order valence-electron chi connectivity index (χ4n) is 2.30. The van der Waals surface area contributed by atoms with Crippen LogP contribution < -0.4 is 10.1 Å². The first-order valence-electron chi connectivity index (χ1n) is 7.00. The normalized spacial score (nSPS) is 20.3. The molecule has 2 rings (SSSR count). The second kappa shape index (κ2) is 8.92. The number of rotatable bonds is 6. The topological polar surface area (TPSA) is 50.8 Å². The third-order valence-electron chi connectivity index (χ3n) is 3.62. The first-order valence-corrected chi connectivity index (χ1v) is 7.00. The molecule has 1 N–H and O–H groups in total. The first-order chi connectivity index (χ1) is 10.1. The number of halogens is 2. The zero-order valence-corrected chi connectivity index (χ0v) is 13.6. The van der Waals surface area contributed by atoms with E-state index in [9.17, 15) is 9.18 Å². The molecule has 2 atom stereocenters. The third kappa shape index (κ3) is 4.83. The summed E-state index contributed by atoms with van der Waals surface area (Å²) in [5.41, 5.74) is 0. The highest BCUT2D eigenvalue weighted by Gasteiger charge is 2.30. The van der Waals surface area contributed by atoms with Gasteiger partial charge in [-0.25, -0.2) is 4.39 Å². The lowest BCUT2D eigenvalue weighted by Gasteiger charge is -2.21. The summed E-state index contributed by atoms with van der Waals surface area (Å²) in [6, 6.07) is 6.01. The fourth-order valence-corrected chi connectivity index (χ4v) is 2.30. The highest BCUT2D eigenvalue weighted by atomic mass is 35.5. The number of hydrogen-bond donors (Lipinski definition) is 1. The SMILES string of the molecule is CO[C@@H]1CN[C@H](C(=O)N(C)CCOc2ccccc2F)C1.Cl. The van der Waals surface area contributed by atoms with Crippen molar-refractivity contribution in [2.45, 2.75) is 18.6 Å². The van der Waals surface area contributed by atoms with Crippen molar-refractivity contribution in [2.24, 2.45) is 0 Å². The summed E-state index contributed by atoms with van der Waals surface area (Å²) < 4.78 is 23.9. The third-order valence-corrected chi connectivity index (χ3v) is 3.62. The number of para-hydroxylation sites is 1. The van der Waals surface area contributed by atoms with Crippen LogP contribution >= 0.6 is 12.4 Å². The molecule has 124 valence electrons. The van der Waals surface area contributed by atoms with E-state index in [1.165, 1.54) is 6.07 Å². The Balaban J connectivity index is 0.00000242. The quantitative estimate of drug-likeness (QED) is 0.857. The van der Waals surface area contributed by atoms with Crippen molar-refractivity contribution >= 4 is 18.3 Å². The van der Waals surface area contributed by atoms with E-state index in [2.05, 4.69) is 5.32 Å². The van der Waals surface area contributed by atoms with Gasteiger partial charge in [0.1, 0.15) is 6.61 Å². The zero-order valence-electron chi connectivity index (χ0n) is 12.8. The fraction of sp³-hybridized carbons (Fsp3) is 0.533. The number of hydrogen-bond acceptors (Lipinski definition) is 4. The summed E-state index contributed by atoms with van der Waals surface area (Å²) in [7, 11) is 3.36. The molecule has 0 bridgehead atoms. The molecular formula is C15H22ClFN2O3. The number of methoxy groups -OCH3 is 1. The van der Waals surface area contributed by atoms with E-state index in [1.54, 1.807) is 37.3 Å². The Kier molecular flexibility index (Phi) is 7.58. The van der Waals surface area contributed by atoms with Crippen molar-refractivity contribution in [3.8, 4) is 5.75 Å². The molecule has 0 aliphatic carbocycles.